The SMILES string of the molecule is COc1ccc(-c2ccc3c(NC(=O)C(CC(=O)O)c4ccccc4)n[nH]c3c2)c(OC)c1. The summed E-state index contributed by atoms with van der Waals surface area (Å²) in [6, 6.07) is 20.1. The molecule has 1 heterocycles. The second kappa shape index (κ2) is 9.44. The van der Waals surface area contributed by atoms with Gasteiger partial charge in [0.1, 0.15) is 11.5 Å². The fraction of sp³-hybridized carbons (Fsp3) is 0.160. The van der Waals surface area contributed by atoms with Crippen molar-refractivity contribution >= 4 is 28.6 Å². The second-order valence-corrected chi connectivity index (χ2v) is 7.45. The number of benzene rings is 3. The van der Waals surface area contributed by atoms with E-state index in [9.17, 15) is 14.7 Å². The molecule has 1 aromatic heterocycles. The summed E-state index contributed by atoms with van der Waals surface area (Å²) >= 11 is 0. The zero-order chi connectivity index (χ0) is 23.4. The molecule has 0 aliphatic rings. The van der Waals surface area contributed by atoms with Crippen molar-refractivity contribution in [3.8, 4) is 22.6 Å². The number of aromatic nitrogens is 2. The van der Waals surface area contributed by atoms with Crippen LogP contribution in [0, 0.1) is 0 Å². The molecular formula is C25H23N3O5. The monoisotopic (exact) mass is 445 g/mol. The summed E-state index contributed by atoms with van der Waals surface area (Å²) in [7, 11) is 3.20. The fourth-order valence-corrected chi connectivity index (χ4v) is 3.75. The largest absolute Gasteiger partial charge is 0.497 e. The van der Waals surface area contributed by atoms with Gasteiger partial charge < -0.3 is 19.9 Å². The molecule has 33 heavy (non-hydrogen) atoms. The van der Waals surface area contributed by atoms with Crippen LogP contribution in [0.2, 0.25) is 0 Å². The number of amides is 1. The predicted octanol–water partition coefficient (Wildman–Crippen LogP) is 4.44. The lowest BCUT2D eigenvalue weighted by molar-refractivity contribution is -0.139. The van der Waals surface area contributed by atoms with Crippen LogP contribution in [-0.4, -0.2) is 41.4 Å². The molecular weight excluding hydrogens is 422 g/mol. The van der Waals surface area contributed by atoms with E-state index in [0.29, 0.717) is 28.3 Å². The number of methoxy groups -OCH3 is 2. The van der Waals surface area contributed by atoms with Gasteiger partial charge in [-0.05, 0) is 35.4 Å². The molecule has 0 fully saturated rings. The summed E-state index contributed by atoms with van der Waals surface area (Å²) < 4.78 is 10.8. The van der Waals surface area contributed by atoms with Crippen LogP contribution in [0.1, 0.15) is 17.9 Å². The molecule has 0 aliphatic heterocycles. The maximum atomic E-state index is 13.0. The normalized spacial score (nSPS) is 11.7. The average molecular weight is 445 g/mol. The lowest BCUT2D eigenvalue weighted by atomic mass is 9.95. The summed E-state index contributed by atoms with van der Waals surface area (Å²) in [5.41, 5.74) is 3.13. The molecule has 4 aromatic rings. The number of aromatic amines is 1. The average Bonchev–Trinajstić information content (AvgIpc) is 3.24. The van der Waals surface area contributed by atoms with Crippen molar-refractivity contribution in [3.05, 3.63) is 72.3 Å². The highest BCUT2D eigenvalue weighted by atomic mass is 16.5. The fourth-order valence-electron chi connectivity index (χ4n) is 3.75. The molecule has 1 atom stereocenters. The third kappa shape index (κ3) is 4.64. The van der Waals surface area contributed by atoms with Crippen molar-refractivity contribution in [2.24, 2.45) is 0 Å². The summed E-state index contributed by atoms with van der Waals surface area (Å²) in [6.45, 7) is 0. The van der Waals surface area contributed by atoms with Crippen LogP contribution < -0.4 is 14.8 Å². The quantitative estimate of drug-likeness (QED) is 0.369. The number of anilines is 1. The Morgan fingerprint density at radius 1 is 1.03 bits per heavy atom. The van der Waals surface area contributed by atoms with Crippen LogP contribution in [0.15, 0.2) is 66.7 Å². The van der Waals surface area contributed by atoms with E-state index >= 15 is 0 Å². The van der Waals surface area contributed by atoms with Crippen molar-refractivity contribution in [1.82, 2.24) is 10.2 Å². The van der Waals surface area contributed by atoms with Gasteiger partial charge >= 0.3 is 5.97 Å². The molecule has 0 radical (unpaired) electrons. The number of carboxylic acid groups (broad SMARTS) is 1. The Morgan fingerprint density at radius 3 is 2.52 bits per heavy atom. The zero-order valence-corrected chi connectivity index (χ0v) is 18.2. The van der Waals surface area contributed by atoms with Gasteiger partial charge in [0.2, 0.25) is 5.91 Å². The number of rotatable bonds is 8. The number of nitrogens with one attached hydrogen (secondary N) is 2. The highest BCUT2D eigenvalue weighted by molar-refractivity contribution is 6.04. The summed E-state index contributed by atoms with van der Waals surface area (Å²) in [5, 5.41) is 20.0. The van der Waals surface area contributed by atoms with Gasteiger partial charge in [-0.25, -0.2) is 0 Å². The van der Waals surface area contributed by atoms with Gasteiger partial charge in [-0.2, -0.15) is 5.10 Å². The number of carbonyl (C=O) groups excluding carboxylic acids is 1. The van der Waals surface area contributed by atoms with E-state index in [4.69, 9.17) is 9.47 Å². The number of nitrogens with zero attached hydrogens (tertiary/aromatic N) is 1. The highest BCUT2D eigenvalue weighted by Gasteiger charge is 2.25. The van der Waals surface area contributed by atoms with Crippen LogP contribution >= 0.6 is 0 Å². The molecule has 3 aromatic carbocycles. The minimum absolute atomic E-state index is 0.320. The molecule has 0 aliphatic carbocycles. The zero-order valence-electron chi connectivity index (χ0n) is 18.2. The predicted molar refractivity (Wildman–Crippen MR) is 125 cm³/mol. The van der Waals surface area contributed by atoms with E-state index < -0.39 is 17.8 Å². The first kappa shape index (κ1) is 21.9. The Balaban J connectivity index is 1.62. The van der Waals surface area contributed by atoms with Crippen molar-refractivity contribution in [2.75, 3.05) is 19.5 Å². The Labute approximate surface area is 190 Å². The van der Waals surface area contributed by atoms with Crippen molar-refractivity contribution in [1.29, 1.82) is 0 Å². The first-order valence-corrected chi connectivity index (χ1v) is 10.3. The maximum Gasteiger partial charge on any atom is 0.304 e. The van der Waals surface area contributed by atoms with E-state index in [1.807, 2.05) is 42.5 Å². The first-order valence-electron chi connectivity index (χ1n) is 10.3. The minimum Gasteiger partial charge on any atom is -0.497 e. The van der Waals surface area contributed by atoms with Crippen molar-refractivity contribution in [2.45, 2.75) is 12.3 Å². The summed E-state index contributed by atoms with van der Waals surface area (Å²) in [6.07, 6.45) is -0.320. The topological polar surface area (TPSA) is 114 Å². The maximum absolute atomic E-state index is 13.0. The number of carboxylic acids is 1. The van der Waals surface area contributed by atoms with E-state index in [1.54, 1.807) is 38.5 Å². The Hall–Kier alpha value is -4.33. The van der Waals surface area contributed by atoms with Gasteiger partial charge in [0.25, 0.3) is 0 Å². The minimum atomic E-state index is -1.05. The molecule has 8 nitrogen and oxygen atoms in total. The highest BCUT2D eigenvalue weighted by Crippen LogP contribution is 2.35. The van der Waals surface area contributed by atoms with Crippen LogP contribution in [-0.2, 0) is 9.59 Å². The third-order valence-electron chi connectivity index (χ3n) is 5.42. The van der Waals surface area contributed by atoms with Crippen molar-refractivity contribution < 1.29 is 24.2 Å². The number of aliphatic carboxylic acids is 1. The lowest BCUT2D eigenvalue weighted by Gasteiger charge is -2.14. The Kier molecular flexibility index (Phi) is 6.26. The number of hydrogen-bond acceptors (Lipinski definition) is 5. The molecule has 168 valence electrons. The Bertz CT molecular complexity index is 1300. The smallest absolute Gasteiger partial charge is 0.304 e. The van der Waals surface area contributed by atoms with Crippen LogP contribution in [0.4, 0.5) is 5.82 Å². The van der Waals surface area contributed by atoms with Crippen molar-refractivity contribution in [3.63, 3.8) is 0 Å². The standard InChI is InChI=1S/C25H23N3O5/c1-32-17-9-11-18(22(13-17)33-2)16-8-10-19-21(12-16)27-28-24(19)26-25(31)20(14-23(29)30)15-6-4-3-5-7-15/h3-13,20H,14H2,1-2H3,(H,29,30)(H2,26,27,28,31). The van der Waals surface area contributed by atoms with Gasteiger partial charge in [-0.3, -0.25) is 14.7 Å². The molecule has 4 rings (SSSR count). The van der Waals surface area contributed by atoms with E-state index in [0.717, 1.165) is 16.6 Å². The second-order valence-electron chi connectivity index (χ2n) is 7.45. The molecule has 0 spiro atoms. The lowest BCUT2D eigenvalue weighted by Crippen LogP contribution is -2.23. The molecule has 0 saturated carbocycles. The van der Waals surface area contributed by atoms with Crippen LogP contribution in [0.25, 0.3) is 22.0 Å². The van der Waals surface area contributed by atoms with Gasteiger partial charge in [0.05, 0.1) is 32.1 Å². The third-order valence-corrected chi connectivity index (χ3v) is 5.42. The molecule has 1 unspecified atom stereocenters. The number of hydrogen-bond donors (Lipinski definition) is 3. The number of carbonyl (C=O) groups is 2. The molecule has 8 heteroatoms. The Morgan fingerprint density at radius 2 is 1.82 bits per heavy atom. The summed E-state index contributed by atoms with van der Waals surface area (Å²) in [4.78, 5) is 24.3. The van der Waals surface area contributed by atoms with Gasteiger partial charge in [0.15, 0.2) is 5.82 Å². The number of H-pyrrole nitrogens is 1. The van der Waals surface area contributed by atoms with Gasteiger partial charge in [-0.15, -0.1) is 0 Å². The summed E-state index contributed by atoms with van der Waals surface area (Å²) in [5.74, 6) is -0.617. The molecule has 0 bridgehead atoms. The molecule has 0 saturated heterocycles. The molecule has 3 N–H and O–H groups in total. The van der Waals surface area contributed by atoms with E-state index in [2.05, 4.69) is 15.5 Å². The number of fused-ring (bicyclic) bond motifs is 1. The van der Waals surface area contributed by atoms with Gasteiger partial charge in [0, 0.05) is 17.0 Å². The number of ether oxygens (including phenoxy) is 2. The van der Waals surface area contributed by atoms with E-state index in [1.165, 1.54) is 0 Å². The first-order chi connectivity index (χ1) is 16.0. The van der Waals surface area contributed by atoms with Crippen LogP contribution in [0.3, 0.4) is 0 Å². The van der Waals surface area contributed by atoms with E-state index in [-0.39, 0.29) is 6.42 Å². The van der Waals surface area contributed by atoms with Gasteiger partial charge in [-0.1, -0.05) is 36.4 Å². The van der Waals surface area contributed by atoms with Crippen LogP contribution in [0.5, 0.6) is 11.5 Å². The molecule has 1 amide bonds.